The molecule has 0 bridgehead atoms. The molecule has 0 fully saturated rings. The van der Waals surface area contributed by atoms with Crippen molar-refractivity contribution in [2.45, 2.75) is 109 Å². The number of carbonyl (C=O) groups is 6. The van der Waals surface area contributed by atoms with Crippen LogP contribution in [0.1, 0.15) is 90.6 Å². The lowest BCUT2D eigenvalue weighted by Gasteiger charge is -2.39. The normalized spacial score (nSPS) is 12.9. The van der Waals surface area contributed by atoms with Crippen LogP contribution in [0.5, 0.6) is 0 Å². The van der Waals surface area contributed by atoms with Crippen molar-refractivity contribution in [1.29, 1.82) is 0 Å². The van der Waals surface area contributed by atoms with Gasteiger partial charge in [-0.05, 0) is 78.5 Å². The van der Waals surface area contributed by atoms with Gasteiger partial charge in [-0.2, -0.15) is 0 Å². The van der Waals surface area contributed by atoms with Crippen molar-refractivity contribution in [3.05, 3.63) is 126 Å². The first-order valence-corrected chi connectivity index (χ1v) is 19.6. The van der Waals surface area contributed by atoms with Gasteiger partial charge in [0, 0.05) is 24.7 Å². The van der Waals surface area contributed by atoms with Gasteiger partial charge in [-0.1, -0.05) is 91.0 Å². The van der Waals surface area contributed by atoms with Crippen LogP contribution >= 0.6 is 0 Å². The Kier molecular flexibility index (Phi) is 15.0. The third kappa shape index (κ3) is 12.5. The lowest BCUT2D eigenvalue weighted by molar-refractivity contribution is -0.155. The summed E-state index contributed by atoms with van der Waals surface area (Å²) >= 11 is 0. The Labute approximate surface area is 350 Å². The highest BCUT2D eigenvalue weighted by Gasteiger charge is 2.41. The highest BCUT2D eigenvalue weighted by molar-refractivity contribution is 5.96. The van der Waals surface area contributed by atoms with E-state index < -0.39 is 76.7 Å². The smallest absolute Gasteiger partial charge is 0.408 e. The number of esters is 1. The van der Waals surface area contributed by atoms with Crippen LogP contribution in [-0.4, -0.2) is 85.8 Å². The number of nitrogens with zero attached hydrogens (tertiary/aromatic N) is 2. The number of aromatic nitrogens is 2. The molecule has 15 nitrogen and oxygen atoms in total. The fourth-order valence-corrected chi connectivity index (χ4v) is 6.60. The Bertz CT molecular complexity index is 2010. The number of ether oxygens (including phenoxy) is 2. The molecule has 15 heteroatoms. The van der Waals surface area contributed by atoms with E-state index >= 15 is 0 Å². The van der Waals surface area contributed by atoms with Gasteiger partial charge in [0.05, 0.1) is 6.33 Å². The lowest BCUT2D eigenvalue weighted by Crippen LogP contribution is -2.62. The van der Waals surface area contributed by atoms with Crippen LogP contribution in [0.25, 0.3) is 0 Å². The monoisotopic (exact) mass is 824 g/mol. The molecule has 1 aromatic heterocycles. The summed E-state index contributed by atoms with van der Waals surface area (Å²) in [5.41, 5.74) is -1.20. The third-order valence-corrected chi connectivity index (χ3v) is 9.17. The molecule has 0 aliphatic heterocycles. The molecular formula is C45H56N6O9. The summed E-state index contributed by atoms with van der Waals surface area (Å²) < 4.78 is 12.9. The highest BCUT2D eigenvalue weighted by Crippen LogP contribution is 2.41. The fraction of sp³-hybridized carbons (Fsp3) is 0.400. The molecule has 0 spiro atoms. The summed E-state index contributed by atoms with van der Waals surface area (Å²) in [6.07, 6.45) is 1.79. The van der Waals surface area contributed by atoms with E-state index in [9.17, 15) is 28.8 Å². The number of nitrogens with one attached hydrogen (secondary N) is 4. The van der Waals surface area contributed by atoms with E-state index in [0.29, 0.717) is 5.69 Å². The number of aliphatic carboxylic acids is 1. The van der Waals surface area contributed by atoms with Crippen LogP contribution in [0.15, 0.2) is 104 Å². The van der Waals surface area contributed by atoms with E-state index in [1.54, 1.807) is 54.1 Å². The predicted molar refractivity (Wildman–Crippen MR) is 224 cm³/mol. The fourth-order valence-electron chi connectivity index (χ4n) is 6.60. The molecular weight excluding hydrogens is 769 g/mol. The number of hydrogen-bond acceptors (Lipinski definition) is 9. The number of carboxylic acids is 1. The number of benzene rings is 3. The molecule has 0 aliphatic carbocycles. The maximum atomic E-state index is 14.4. The quantitative estimate of drug-likeness (QED) is 0.0722. The molecule has 0 unspecified atom stereocenters. The first kappa shape index (κ1) is 46.2. The Morgan fingerprint density at radius 2 is 1.18 bits per heavy atom. The van der Waals surface area contributed by atoms with Crippen LogP contribution in [0, 0.1) is 0 Å². The van der Waals surface area contributed by atoms with Crippen molar-refractivity contribution in [3.63, 3.8) is 0 Å². The van der Waals surface area contributed by atoms with E-state index in [4.69, 9.17) is 14.6 Å². The molecule has 4 rings (SSSR count). The molecule has 0 saturated carbocycles. The van der Waals surface area contributed by atoms with Gasteiger partial charge in [0.2, 0.25) is 17.7 Å². The van der Waals surface area contributed by atoms with Crippen LogP contribution in [0.3, 0.4) is 0 Å². The van der Waals surface area contributed by atoms with E-state index in [0.717, 1.165) is 16.7 Å². The number of rotatable bonds is 17. The number of alkyl carbamates (subject to hydrolysis) is 1. The first-order valence-electron chi connectivity index (χ1n) is 19.6. The Hall–Kier alpha value is -6.51. The lowest BCUT2D eigenvalue weighted by atomic mass is 9.76. The Balaban J connectivity index is 1.72. The van der Waals surface area contributed by atoms with Gasteiger partial charge in [0.15, 0.2) is 0 Å². The van der Waals surface area contributed by atoms with E-state index in [-0.39, 0.29) is 19.3 Å². The minimum atomic E-state index is -1.72. The predicted octanol–water partition coefficient (Wildman–Crippen LogP) is 4.86. The highest BCUT2D eigenvalue weighted by atomic mass is 16.6. The van der Waals surface area contributed by atoms with Crippen molar-refractivity contribution >= 4 is 35.8 Å². The second-order valence-electron chi connectivity index (χ2n) is 16.8. The van der Waals surface area contributed by atoms with E-state index in [2.05, 4.69) is 26.3 Å². The van der Waals surface area contributed by atoms with Crippen molar-refractivity contribution in [3.8, 4) is 0 Å². The van der Waals surface area contributed by atoms with Gasteiger partial charge < -0.3 is 40.4 Å². The second kappa shape index (κ2) is 19.5. The summed E-state index contributed by atoms with van der Waals surface area (Å²) in [6.45, 7) is 12.2. The number of carboxylic acid groups (broad SMARTS) is 1. The number of hydrogen-bond donors (Lipinski definition) is 5. The van der Waals surface area contributed by atoms with Crippen LogP contribution in [0.2, 0.25) is 0 Å². The average Bonchev–Trinajstić information content (AvgIpc) is 3.63. The summed E-state index contributed by atoms with van der Waals surface area (Å²) in [4.78, 5) is 83.0. The zero-order valence-electron chi connectivity index (χ0n) is 35.4. The SMILES string of the molecule is CC(C)(C)OC(=O)CC[C@@H](NC(=O)C(C)(C)NC(=O)[C@@H](Cc1cncn1C(c1ccccc1)(c1ccccc1)c1ccccc1)NC(=O)OC(C)(C)C)C(=O)NCC(=O)O. The van der Waals surface area contributed by atoms with Gasteiger partial charge in [0.25, 0.3) is 0 Å². The second-order valence-corrected chi connectivity index (χ2v) is 16.8. The van der Waals surface area contributed by atoms with Gasteiger partial charge in [-0.25, -0.2) is 9.78 Å². The summed E-state index contributed by atoms with van der Waals surface area (Å²) in [5.74, 6) is -4.39. The van der Waals surface area contributed by atoms with Crippen molar-refractivity contribution < 1.29 is 43.3 Å². The Morgan fingerprint density at radius 3 is 1.65 bits per heavy atom. The standard InChI is InChI=1S/C45H56N6O9/c1-42(2,3)59-37(54)25-24-34(38(55)47-28-36(52)53)48-40(57)44(7,8)50-39(56)35(49-41(58)60-43(4,5)6)26-33-27-46-29-51(33)45(30-18-12-9-13-19-30,31-20-14-10-15-21-31)32-22-16-11-17-23-32/h9-23,27,29,34-35H,24-26,28H2,1-8H3,(H,47,55)(H,48,57)(H,49,58)(H,50,56)(H,52,53)/t34-,35-/m1/s1. The molecule has 2 atom stereocenters. The molecule has 3 aromatic carbocycles. The molecule has 0 radical (unpaired) electrons. The van der Waals surface area contributed by atoms with Crippen molar-refractivity contribution in [2.24, 2.45) is 0 Å². The zero-order valence-corrected chi connectivity index (χ0v) is 35.4. The zero-order chi connectivity index (χ0) is 44.3. The minimum absolute atomic E-state index is 0.118. The van der Waals surface area contributed by atoms with Gasteiger partial charge in [-0.3, -0.25) is 24.0 Å². The summed E-state index contributed by atoms with van der Waals surface area (Å²) in [6, 6.07) is 26.8. The van der Waals surface area contributed by atoms with Crippen LogP contribution in [-0.2, 0) is 45.4 Å². The number of imidazole rings is 1. The maximum Gasteiger partial charge on any atom is 0.408 e. The van der Waals surface area contributed by atoms with E-state index in [1.807, 2.05) is 95.6 Å². The molecule has 1 heterocycles. The molecule has 4 amide bonds. The third-order valence-electron chi connectivity index (χ3n) is 9.17. The summed E-state index contributed by atoms with van der Waals surface area (Å²) in [7, 11) is 0. The maximum absolute atomic E-state index is 14.4. The van der Waals surface area contributed by atoms with Gasteiger partial charge in [0.1, 0.15) is 40.9 Å². The van der Waals surface area contributed by atoms with Crippen molar-refractivity contribution in [2.75, 3.05) is 6.54 Å². The minimum Gasteiger partial charge on any atom is -0.480 e. The molecule has 0 aliphatic rings. The van der Waals surface area contributed by atoms with Crippen LogP contribution < -0.4 is 21.3 Å². The van der Waals surface area contributed by atoms with Gasteiger partial charge in [-0.15, -0.1) is 0 Å². The molecule has 320 valence electrons. The topological polar surface area (TPSA) is 207 Å². The Morgan fingerprint density at radius 1 is 0.683 bits per heavy atom. The van der Waals surface area contributed by atoms with E-state index in [1.165, 1.54) is 13.8 Å². The molecule has 4 aromatic rings. The largest absolute Gasteiger partial charge is 0.480 e. The average molecular weight is 825 g/mol. The number of amides is 4. The van der Waals surface area contributed by atoms with Gasteiger partial charge >= 0.3 is 18.0 Å². The van der Waals surface area contributed by atoms with Crippen molar-refractivity contribution in [1.82, 2.24) is 30.8 Å². The first-order chi connectivity index (χ1) is 28.1. The molecule has 0 saturated heterocycles. The molecule has 60 heavy (non-hydrogen) atoms. The number of carbonyl (C=O) groups excluding carboxylic acids is 5. The molecule has 5 N–H and O–H groups in total. The van der Waals surface area contributed by atoms with Crippen LogP contribution in [0.4, 0.5) is 4.79 Å². The summed E-state index contributed by atoms with van der Waals surface area (Å²) in [5, 5.41) is 19.3.